The molecule has 0 amide bonds. The molecular formula is C16H20N2O2S. The second-order valence-corrected chi connectivity index (χ2v) is 7.14. The zero-order valence-corrected chi connectivity index (χ0v) is 13.2. The minimum Gasteiger partial charge on any atom is -0.373 e. The fourth-order valence-electron chi connectivity index (χ4n) is 2.16. The van der Waals surface area contributed by atoms with Crippen molar-refractivity contribution in [2.45, 2.75) is 18.2 Å². The molecule has 0 saturated heterocycles. The summed E-state index contributed by atoms with van der Waals surface area (Å²) in [6, 6.07) is 11.1. The lowest BCUT2D eigenvalue weighted by molar-refractivity contribution is 0.597. The average Bonchev–Trinajstić information content (AvgIpc) is 2.53. The van der Waals surface area contributed by atoms with E-state index in [1.54, 1.807) is 31.5 Å². The van der Waals surface area contributed by atoms with Crippen LogP contribution < -0.4 is 4.90 Å². The Morgan fingerprint density at radius 2 is 1.76 bits per heavy atom. The van der Waals surface area contributed by atoms with Crippen LogP contribution in [0.3, 0.4) is 0 Å². The van der Waals surface area contributed by atoms with Crippen LogP contribution in [-0.2, 0) is 16.3 Å². The predicted molar refractivity (Wildman–Crippen MR) is 85.4 cm³/mol. The van der Waals surface area contributed by atoms with E-state index in [4.69, 9.17) is 0 Å². The van der Waals surface area contributed by atoms with Crippen LogP contribution in [0.2, 0.25) is 0 Å². The Morgan fingerprint density at radius 3 is 2.43 bits per heavy atom. The Hall–Kier alpha value is -1.88. The van der Waals surface area contributed by atoms with E-state index in [-0.39, 0.29) is 5.75 Å². The molecule has 0 fully saturated rings. The van der Waals surface area contributed by atoms with Crippen LogP contribution in [0, 0.1) is 0 Å². The number of sulfone groups is 1. The van der Waals surface area contributed by atoms with Crippen molar-refractivity contribution in [1.82, 2.24) is 4.98 Å². The van der Waals surface area contributed by atoms with Crippen LogP contribution in [0.5, 0.6) is 0 Å². The first-order valence-corrected chi connectivity index (χ1v) is 8.61. The maximum Gasteiger partial charge on any atom is 0.180 e. The number of anilines is 1. The van der Waals surface area contributed by atoms with Gasteiger partial charge in [0.2, 0.25) is 0 Å². The summed E-state index contributed by atoms with van der Waals surface area (Å²) >= 11 is 0. The van der Waals surface area contributed by atoms with Gasteiger partial charge < -0.3 is 4.90 Å². The minimum absolute atomic E-state index is 0.113. The molecule has 112 valence electrons. The summed E-state index contributed by atoms with van der Waals surface area (Å²) in [7, 11) is -1.29. The molecule has 0 unspecified atom stereocenters. The third-order valence-corrected chi connectivity index (χ3v) is 5.25. The van der Waals surface area contributed by atoms with E-state index in [0.717, 1.165) is 18.7 Å². The smallest absolute Gasteiger partial charge is 0.180 e. The normalized spacial score (nSPS) is 11.3. The molecule has 0 saturated carbocycles. The molecule has 0 aliphatic carbocycles. The summed E-state index contributed by atoms with van der Waals surface area (Å²) in [5.74, 6) is 0.113. The second-order valence-electron chi connectivity index (χ2n) is 4.90. The SMILES string of the molecule is CCS(=O)(=O)c1ccccc1N(C)CCc1ccncc1. The third kappa shape index (κ3) is 3.82. The van der Waals surface area contributed by atoms with Crippen LogP contribution in [0.4, 0.5) is 5.69 Å². The van der Waals surface area contributed by atoms with Crippen molar-refractivity contribution in [3.63, 3.8) is 0 Å². The summed E-state index contributed by atoms with van der Waals surface area (Å²) in [4.78, 5) is 6.39. The lowest BCUT2D eigenvalue weighted by Crippen LogP contribution is -2.22. The van der Waals surface area contributed by atoms with E-state index < -0.39 is 9.84 Å². The molecule has 2 aromatic rings. The van der Waals surface area contributed by atoms with Crippen molar-refractivity contribution in [2.75, 3.05) is 24.2 Å². The number of aromatic nitrogens is 1. The van der Waals surface area contributed by atoms with E-state index in [2.05, 4.69) is 4.98 Å². The number of para-hydroxylation sites is 1. The summed E-state index contributed by atoms with van der Waals surface area (Å²) in [6.45, 7) is 2.42. The molecule has 5 heteroatoms. The largest absolute Gasteiger partial charge is 0.373 e. The Morgan fingerprint density at radius 1 is 1.10 bits per heavy atom. The highest BCUT2D eigenvalue weighted by atomic mass is 32.2. The molecule has 0 aliphatic heterocycles. The number of rotatable bonds is 6. The highest BCUT2D eigenvalue weighted by Crippen LogP contribution is 2.25. The number of nitrogens with zero attached hydrogens (tertiary/aromatic N) is 2. The highest BCUT2D eigenvalue weighted by Gasteiger charge is 2.18. The van der Waals surface area contributed by atoms with E-state index in [0.29, 0.717) is 4.90 Å². The van der Waals surface area contributed by atoms with Gasteiger partial charge in [-0.25, -0.2) is 8.42 Å². The second kappa shape index (κ2) is 6.72. The summed E-state index contributed by atoms with van der Waals surface area (Å²) in [5.41, 5.74) is 1.95. The standard InChI is InChI=1S/C16H20N2O2S/c1-3-21(19,20)16-7-5-4-6-15(16)18(2)13-10-14-8-11-17-12-9-14/h4-9,11-12H,3,10,13H2,1-2H3. The fraction of sp³-hybridized carbons (Fsp3) is 0.312. The van der Waals surface area contributed by atoms with Gasteiger partial charge in [-0.15, -0.1) is 0 Å². The lowest BCUT2D eigenvalue weighted by atomic mass is 10.2. The number of hydrogen-bond acceptors (Lipinski definition) is 4. The molecule has 0 N–H and O–H groups in total. The van der Waals surface area contributed by atoms with Crippen LogP contribution in [0.15, 0.2) is 53.7 Å². The molecule has 0 bridgehead atoms. The molecular weight excluding hydrogens is 284 g/mol. The number of hydrogen-bond donors (Lipinski definition) is 0. The predicted octanol–water partition coefficient (Wildman–Crippen LogP) is 2.55. The molecule has 1 aromatic heterocycles. The fourth-order valence-corrected chi connectivity index (χ4v) is 3.30. The molecule has 1 heterocycles. The van der Waals surface area contributed by atoms with Gasteiger partial charge in [-0.05, 0) is 36.2 Å². The van der Waals surface area contributed by atoms with E-state index in [1.807, 2.05) is 36.2 Å². The van der Waals surface area contributed by atoms with Crippen LogP contribution in [0.1, 0.15) is 12.5 Å². The van der Waals surface area contributed by atoms with Gasteiger partial charge in [-0.3, -0.25) is 4.98 Å². The molecule has 0 atom stereocenters. The van der Waals surface area contributed by atoms with Crippen LogP contribution >= 0.6 is 0 Å². The maximum atomic E-state index is 12.2. The molecule has 2 rings (SSSR count). The zero-order valence-electron chi connectivity index (χ0n) is 12.4. The minimum atomic E-state index is -3.21. The van der Waals surface area contributed by atoms with Gasteiger partial charge in [0.05, 0.1) is 16.3 Å². The van der Waals surface area contributed by atoms with Crippen LogP contribution in [0.25, 0.3) is 0 Å². The van der Waals surface area contributed by atoms with Crippen molar-refractivity contribution in [1.29, 1.82) is 0 Å². The van der Waals surface area contributed by atoms with Crippen molar-refractivity contribution < 1.29 is 8.42 Å². The number of pyridine rings is 1. The van der Waals surface area contributed by atoms with E-state index in [9.17, 15) is 8.42 Å². The number of benzene rings is 1. The van der Waals surface area contributed by atoms with Gasteiger partial charge in [-0.1, -0.05) is 19.1 Å². The Kier molecular flexibility index (Phi) is 4.96. The Balaban J connectivity index is 2.18. The maximum absolute atomic E-state index is 12.2. The first-order valence-electron chi connectivity index (χ1n) is 6.96. The molecule has 0 radical (unpaired) electrons. The molecule has 0 aliphatic rings. The molecule has 4 nitrogen and oxygen atoms in total. The monoisotopic (exact) mass is 304 g/mol. The van der Waals surface area contributed by atoms with Crippen molar-refractivity contribution >= 4 is 15.5 Å². The van der Waals surface area contributed by atoms with Gasteiger partial charge in [0.1, 0.15) is 0 Å². The number of likely N-dealkylation sites (N-methyl/N-ethyl adjacent to an activating group) is 1. The topological polar surface area (TPSA) is 50.3 Å². The summed E-state index contributed by atoms with van der Waals surface area (Å²) < 4.78 is 24.3. The van der Waals surface area contributed by atoms with Gasteiger partial charge in [0.15, 0.2) is 9.84 Å². The molecule has 1 aromatic carbocycles. The van der Waals surface area contributed by atoms with Crippen molar-refractivity contribution in [3.05, 3.63) is 54.4 Å². The lowest BCUT2D eigenvalue weighted by Gasteiger charge is -2.22. The van der Waals surface area contributed by atoms with Gasteiger partial charge in [-0.2, -0.15) is 0 Å². The van der Waals surface area contributed by atoms with Crippen molar-refractivity contribution in [3.8, 4) is 0 Å². The quantitative estimate of drug-likeness (QED) is 0.823. The van der Waals surface area contributed by atoms with E-state index >= 15 is 0 Å². The van der Waals surface area contributed by atoms with Gasteiger partial charge in [0, 0.05) is 26.0 Å². The Labute approximate surface area is 126 Å². The average molecular weight is 304 g/mol. The van der Waals surface area contributed by atoms with Crippen LogP contribution in [-0.4, -0.2) is 32.7 Å². The zero-order chi connectivity index (χ0) is 15.3. The Bertz CT molecular complexity index is 684. The highest BCUT2D eigenvalue weighted by molar-refractivity contribution is 7.91. The summed E-state index contributed by atoms with van der Waals surface area (Å²) in [5, 5.41) is 0. The summed E-state index contributed by atoms with van der Waals surface area (Å²) in [6.07, 6.45) is 4.38. The first-order chi connectivity index (χ1) is 10.0. The molecule has 0 spiro atoms. The van der Waals surface area contributed by atoms with Crippen molar-refractivity contribution in [2.24, 2.45) is 0 Å². The molecule has 21 heavy (non-hydrogen) atoms. The first kappa shape index (κ1) is 15.5. The van der Waals surface area contributed by atoms with Gasteiger partial charge in [0.25, 0.3) is 0 Å². The van der Waals surface area contributed by atoms with Gasteiger partial charge >= 0.3 is 0 Å². The third-order valence-electron chi connectivity index (χ3n) is 3.48. The van der Waals surface area contributed by atoms with E-state index in [1.165, 1.54) is 5.56 Å².